The van der Waals surface area contributed by atoms with Crippen molar-refractivity contribution in [2.75, 3.05) is 0 Å². The first-order valence-electron chi connectivity index (χ1n) is 7.83. The molecule has 1 aromatic carbocycles. The van der Waals surface area contributed by atoms with E-state index in [4.69, 9.17) is 0 Å². The fourth-order valence-corrected chi connectivity index (χ4v) is 2.22. The monoisotopic (exact) mass is 307 g/mol. The summed E-state index contributed by atoms with van der Waals surface area (Å²) in [5.41, 5.74) is 0.758. The van der Waals surface area contributed by atoms with Gasteiger partial charge >= 0.3 is 5.97 Å². The maximum atomic E-state index is 11.8. The Labute approximate surface area is 131 Å². The van der Waals surface area contributed by atoms with Crippen LogP contribution in [0.25, 0.3) is 0 Å². The molecule has 5 heteroatoms. The van der Waals surface area contributed by atoms with Crippen molar-refractivity contribution in [2.24, 2.45) is 0 Å². The highest BCUT2D eigenvalue weighted by atomic mass is 16.4. The number of phenolic OH excluding ortho intramolecular Hbond substituents is 1. The largest absolute Gasteiger partial charge is 0.508 e. The Morgan fingerprint density at radius 2 is 1.73 bits per heavy atom. The van der Waals surface area contributed by atoms with Crippen LogP contribution in [0.15, 0.2) is 24.3 Å². The van der Waals surface area contributed by atoms with E-state index >= 15 is 0 Å². The number of carboxylic acids is 1. The minimum Gasteiger partial charge on any atom is -0.508 e. The summed E-state index contributed by atoms with van der Waals surface area (Å²) < 4.78 is 0. The molecule has 5 nitrogen and oxygen atoms in total. The molecule has 0 heterocycles. The van der Waals surface area contributed by atoms with Crippen molar-refractivity contribution in [3.05, 3.63) is 29.8 Å². The second-order valence-electron chi connectivity index (χ2n) is 5.49. The lowest BCUT2D eigenvalue weighted by atomic mass is 10.1. The third-order valence-electron chi connectivity index (χ3n) is 3.52. The summed E-state index contributed by atoms with van der Waals surface area (Å²) in [6, 6.07) is 5.38. The fraction of sp³-hybridized carbons (Fsp3) is 0.529. The smallest absolute Gasteiger partial charge is 0.326 e. The molecular formula is C17H25NO4. The quantitative estimate of drug-likeness (QED) is 0.580. The van der Waals surface area contributed by atoms with E-state index in [1.54, 1.807) is 12.1 Å². The van der Waals surface area contributed by atoms with Crippen molar-refractivity contribution in [3.63, 3.8) is 0 Å². The molecule has 0 aliphatic rings. The summed E-state index contributed by atoms with van der Waals surface area (Å²) in [5, 5.41) is 21.0. The van der Waals surface area contributed by atoms with Crippen LogP contribution in [-0.4, -0.2) is 28.1 Å². The summed E-state index contributed by atoms with van der Waals surface area (Å²) in [6.45, 7) is 2.13. The Kier molecular flexibility index (Phi) is 8.04. The molecule has 1 amide bonds. The SMILES string of the molecule is CCCCCCCC(=O)N[C@@H](Cc1ccc(O)cc1)C(=O)O. The number of phenols is 1. The van der Waals surface area contributed by atoms with Gasteiger partial charge in [0.15, 0.2) is 0 Å². The first-order valence-corrected chi connectivity index (χ1v) is 7.83. The molecule has 1 atom stereocenters. The topological polar surface area (TPSA) is 86.6 Å². The molecule has 0 saturated carbocycles. The summed E-state index contributed by atoms with van der Waals surface area (Å²) in [5.74, 6) is -1.14. The Morgan fingerprint density at radius 3 is 2.32 bits per heavy atom. The van der Waals surface area contributed by atoms with Gasteiger partial charge < -0.3 is 15.5 Å². The molecule has 0 aliphatic carbocycles. The van der Waals surface area contributed by atoms with Crippen LogP contribution in [0.2, 0.25) is 0 Å². The first-order chi connectivity index (χ1) is 10.5. The van der Waals surface area contributed by atoms with E-state index in [2.05, 4.69) is 12.2 Å². The second-order valence-corrected chi connectivity index (χ2v) is 5.49. The van der Waals surface area contributed by atoms with Crippen LogP contribution >= 0.6 is 0 Å². The number of aliphatic carboxylic acids is 1. The molecule has 0 bridgehead atoms. The average Bonchev–Trinajstić information content (AvgIpc) is 2.48. The zero-order valence-electron chi connectivity index (χ0n) is 13.0. The van der Waals surface area contributed by atoms with Crippen LogP contribution < -0.4 is 5.32 Å². The summed E-state index contributed by atoms with van der Waals surface area (Å²) in [6.07, 6.45) is 5.79. The van der Waals surface area contributed by atoms with Gasteiger partial charge in [-0.2, -0.15) is 0 Å². The molecular weight excluding hydrogens is 282 g/mol. The molecule has 1 rings (SSSR count). The van der Waals surface area contributed by atoms with Crippen LogP contribution in [0.3, 0.4) is 0 Å². The molecule has 3 N–H and O–H groups in total. The molecule has 0 spiro atoms. The average molecular weight is 307 g/mol. The van der Waals surface area contributed by atoms with Gasteiger partial charge in [-0.15, -0.1) is 0 Å². The predicted octanol–water partition coefficient (Wildman–Crippen LogP) is 2.86. The summed E-state index contributed by atoms with van der Waals surface area (Å²) in [4.78, 5) is 23.1. The zero-order chi connectivity index (χ0) is 16.4. The number of carboxylic acid groups (broad SMARTS) is 1. The summed E-state index contributed by atoms with van der Waals surface area (Å²) in [7, 11) is 0. The number of carbonyl (C=O) groups is 2. The van der Waals surface area contributed by atoms with E-state index < -0.39 is 12.0 Å². The number of hydrogen-bond donors (Lipinski definition) is 3. The number of unbranched alkanes of at least 4 members (excludes halogenated alkanes) is 4. The first kappa shape index (κ1) is 18.0. The van der Waals surface area contributed by atoms with Gasteiger partial charge in [-0.1, -0.05) is 44.7 Å². The highest BCUT2D eigenvalue weighted by Gasteiger charge is 2.20. The summed E-state index contributed by atoms with van der Waals surface area (Å²) >= 11 is 0. The zero-order valence-corrected chi connectivity index (χ0v) is 13.0. The van der Waals surface area contributed by atoms with Gasteiger partial charge in [0.05, 0.1) is 0 Å². The number of nitrogens with one attached hydrogen (secondary N) is 1. The predicted molar refractivity (Wildman–Crippen MR) is 84.8 cm³/mol. The van der Waals surface area contributed by atoms with Crippen molar-refractivity contribution in [3.8, 4) is 5.75 Å². The van der Waals surface area contributed by atoms with Gasteiger partial charge in [0, 0.05) is 12.8 Å². The molecule has 22 heavy (non-hydrogen) atoms. The Hall–Kier alpha value is -2.04. The van der Waals surface area contributed by atoms with Crippen LogP contribution in [0, 0.1) is 0 Å². The Balaban J connectivity index is 2.41. The minimum atomic E-state index is -1.05. The number of benzene rings is 1. The molecule has 0 saturated heterocycles. The molecule has 0 fully saturated rings. The van der Waals surface area contributed by atoms with Gasteiger partial charge in [-0.25, -0.2) is 4.79 Å². The van der Waals surface area contributed by atoms with E-state index in [-0.39, 0.29) is 18.1 Å². The van der Waals surface area contributed by atoms with Crippen molar-refractivity contribution in [1.82, 2.24) is 5.32 Å². The third kappa shape index (κ3) is 7.11. The molecule has 0 aromatic heterocycles. The molecule has 0 aliphatic heterocycles. The number of carbonyl (C=O) groups excluding carboxylic acids is 1. The number of rotatable bonds is 10. The van der Waals surface area contributed by atoms with Crippen molar-refractivity contribution < 1.29 is 19.8 Å². The number of aromatic hydroxyl groups is 1. The third-order valence-corrected chi connectivity index (χ3v) is 3.52. The molecule has 122 valence electrons. The van der Waals surface area contributed by atoms with Gasteiger partial charge in [0.2, 0.25) is 5.91 Å². The van der Waals surface area contributed by atoms with E-state index in [0.717, 1.165) is 31.2 Å². The molecule has 0 unspecified atom stereocenters. The van der Waals surface area contributed by atoms with Crippen molar-refractivity contribution in [2.45, 2.75) is 57.9 Å². The lowest BCUT2D eigenvalue weighted by Gasteiger charge is -2.14. The Bertz CT molecular complexity index is 470. The lowest BCUT2D eigenvalue weighted by molar-refractivity contribution is -0.141. The standard InChI is InChI=1S/C17H25NO4/c1-2-3-4-5-6-7-16(20)18-15(17(21)22)12-13-8-10-14(19)11-9-13/h8-11,15,19H,2-7,12H2,1H3,(H,18,20)(H,21,22)/t15-/m0/s1. The highest BCUT2D eigenvalue weighted by Crippen LogP contribution is 2.12. The van der Waals surface area contributed by atoms with E-state index in [0.29, 0.717) is 6.42 Å². The van der Waals surface area contributed by atoms with Gasteiger partial charge in [0.25, 0.3) is 0 Å². The second kappa shape index (κ2) is 9.82. The normalized spacial score (nSPS) is 11.9. The highest BCUT2D eigenvalue weighted by molar-refractivity contribution is 5.83. The molecule has 0 radical (unpaired) electrons. The van der Waals surface area contributed by atoms with Gasteiger partial charge in [-0.05, 0) is 24.1 Å². The van der Waals surface area contributed by atoms with Crippen LogP contribution in [-0.2, 0) is 16.0 Å². The maximum Gasteiger partial charge on any atom is 0.326 e. The van der Waals surface area contributed by atoms with Crippen molar-refractivity contribution >= 4 is 11.9 Å². The lowest BCUT2D eigenvalue weighted by Crippen LogP contribution is -2.42. The Morgan fingerprint density at radius 1 is 1.09 bits per heavy atom. The number of hydrogen-bond acceptors (Lipinski definition) is 3. The van der Waals surface area contributed by atoms with Crippen LogP contribution in [0.1, 0.15) is 51.0 Å². The fourth-order valence-electron chi connectivity index (χ4n) is 2.22. The van der Waals surface area contributed by atoms with Crippen LogP contribution in [0.4, 0.5) is 0 Å². The number of amides is 1. The van der Waals surface area contributed by atoms with E-state index in [9.17, 15) is 19.8 Å². The van der Waals surface area contributed by atoms with E-state index in [1.165, 1.54) is 18.6 Å². The van der Waals surface area contributed by atoms with Crippen LogP contribution in [0.5, 0.6) is 5.75 Å². The van der Waals surface area contributed by atoms with E-state index in [1.807, 2.05) is 0 Å². The van der Waals surface area contributed by atoms with Crippen molar-refractivity contribution in [1.29, 1.82) is 0 Å². The maximum absolute atomic E-state index is 11.8. The van der Waals surface area contributed by atoms with Gasteiger partial charge in [-0.3, -0.25) is 4.79 Å². The van der Waals surface area contributed by atoms with Gasteiger partial charge in [0.1, 0.15) is 11.8 Å². The minimum absolute atomic E-state index is 0.131. The molecule has 1 aromatic rings.